The van der Waals surface area contributed by atoms with Crippen LogP contribution < -0.4 is 10.6 Å². The molecule has 2 atom stereocenters. The molecule has 6 nitrogen and oxygen atoms in total. The van der Waals surface area contributed by atoms with Crippen molar-refractivity contribution in [1.29, 1.82) is 0 Å². The largest absolute Gasteiger partial charge is 0.365 e. The molecule has 3 rings (SSSR count). The molecular formula is C20H26ClF2N3O3. The average molecular weight is 430 g/mol. The van der Waals surface area contributed by atoms with Crippen LogP contribution in [0, 0.1) is 17.0 Å². The first-order valence-electron chi connectivity index (χ1n) is 9.79. The van der Waals surface area contributed by atoms with Gasteiger partial charge < -0.3 is 20.3 Å². The number of amides is 3. The van der Waals surface area contributed by atoms with E-state index in [1.807, 2.05) is 6.92 Å². The van der Waals surface area contributed by atoms with E-state index in [9.17, 15) is 18.4 Å². The molecule has 2 N–H and O–H groups in total. The molecule has 2 unspecified atom stereocenters. The van der Waals surface area contributed by atoms with Crippen molar-refractivity contribution in [2.24, 2.45) is 5.41 Å². The summed E-state index contributed by atoms with van der Waals surface area (Å²) in [5, 5.41) is 5.14. The Labute approximate surface area is 173 Å². The van der Waals surface area contributed by atoms with Gasteiger partial charge in [0.05, 0.1) is 24.2 Å². The average Bonchev–Trinajstić information content (AvgIpc) is 3.17. The fraction of sp³-hybridized carbons (Fsp3) is 0.600. The number of nitrogens with one attached hydrogen (secondary N) is 2. The van der Waals surface area contributed by atoms with Gasteiger partial charge in [-0.1, -0.05) is 31.4 Å². The first kappa shape index (κ1) is 21.8. The molecule has 1 aromatic carbocycles. The van der Waals surface area contributed by atoms with Crippen molar-refractivity contribution in [2.45, 2.75) is 44.8 Å². The standard InChI is InChI=1S/C20H26ClF2N3O3/c1-20(7-3-4-8-20)17(15-13(22)6-5-12(21)16(15)23)25-18(27)14-11-26(9-10-29-14)19(28)24-2/h5-6,14,17H,3-4,7-11H2,1-2H3,(H,24,28)(H,25,27). The van der Waals surface area contributed by atoms with Gasteiger partial charge in [0, 0.05) is 19.2 Å². The van der Waals surface area contributed by atoms with Gasteiger partial charge in [-0.05, 0) is 30.4 Å². The van der Waals surface area contributed by atoms with Gasteiger partial charge in [0.15, 0.2) is 6.10 Å². The highest BCUT2D eigenvalue weighted by Crippen LogP contribution is 2.48. The van der Waals surface area contributed by atoms with E-state index in [0.29, 0.717) is 6.54 Å². The molecule has 1 heterocycles. The summed E-state index contributed by atoms with van der Waals surface area (Å²) in [6.45, 7) is 2.55. The van der Waals surface area contributed by atoms with E-state index >= 15 is 0 Å². The van der Waals surface area contributed by atoms with Crippen molar-refractivity contribution in [3.63, 3.8) is 0 Å². The van der Waals surface area contributed by atoms with Crippen LogP contribution in [-0.4, -0.2) is 49.7 Å². The van der Waals surface area contributed by atoms with Gasteiger partial charge >= 0.3 is 6.03 Å². The van der Waals surface area contributed by atoms with Gasteiger partial charge in [-0.15, -0.1) is 0 Å². The van der Waals surface area contributed by atoms with E-state index in [4.69, 9.17) is 16.3 Å². The lowest BCUT2D eigenvalue weighted by Gasteiger charge is -2.38. The number of rotatable bonds is 4. The second-order valence-corrected chi connectivity index (χ2v) is 8.33. The zero-order valence-electron chi connectivity index (χ0n) is 16.6. The number of carbonyl (C=O) groups excluding carboxylic acids is 2. The molecule has 1 aromatic rings. The van der Waals surface area contributed by atoms with E-state index < -0.39 is 35.1 Å². The Hall–Kier alpha value is -1.93. The van der Waals surface area contributed by atoms with Crippen LogP contribution in [0.1, 0.15) is 44.2 Å². The molecule has 0 bridgehead atoms. The molecule has 0 spiro atoms. The predicted octanol–water partition coefficient (Wildman–Crippen LogP) is 3.40. The van der Waals surface area contributed by atoms with E-state index in [0.717, 1.165) is 37.8 Å². The molecule has 160 valence electrons. The Bertz CT molecular complexity index is 786. The third kappa shape index (κ3) is 4.48. The predicted molar refractivity (Wildman–Crippen MR) is 105 cm³/mol. The topological polar surface area (TPSA) is 70.7 Å². The molecule has 2 fully saturated rings. The van der Waals surface area contributed by atoms with E-state index in [1.165, 1.54) is 11.9 Å². The Balaban J connectivity index is 1.88. The van der Waals surface area contributed by atoms with Gasteiger partial charge in [0.1, 0.15) is 11.6 Å². The molecule has 29 heavy (non-hydrogen) atoms. The minimum absolute atomic E-state index is 0.0649. The van der Waals surface area contributed by atoms with Crippen molar-refractivity contribution < 1.29 is 23.1 Å². The SMILES string of the molecule is CNC(=O)N1CCOC(C(=O)NC(c2c(F)ccc(Cl)c2F)C2(C)CCCC2)C1. The number of halogens is 3. The highest BCUT2D eigenvalue weighted by Gasteiger charge is 2.43. The summed E-state index contributed by atoms with van der Waals surface area (Å²) >= 11 is 5.91. The third-order valence-electron chi connectivity index (χ3n) is 5.96. The molecule has 9 heteroatoms. The Morgan fingerprint density at radius 2 is 2.00 bits per heavy atom. The van der Waals surface area contributed by atoms with Crippen LogP contribution in [0.4, 0.5) is 13.6 Å². The van der Waals surface area contributed by atoms with Gasteiger partial charge in [0.25, 0.3) is 5.91 Å². The maximum Gasteiger partial charge on any atom is 0.317 e. The van der Waals surface area contributed by atoms with Crippen molar-refractivity contribution in [3.8, 4) is 0 Å². The lowest BCUT2D eigenvalue weighted by molar-refractivity contribution is -0.138. The molecule has 3 amide bonds. The number of carbonyl (C=O) groups is 2. The minimum atomic E-state index is -0.918. The third-order valence-corrected chi connectivity index (χ3v) is 6.25. The summed E-state index contributed by atoms with van der Waals surface area (Å²) < 4.78 is 35.0. The van der Waals surface area contributed by atoms with Crippen LogP contribution >= 0.6 is 11.6 Å². The lowest BCUT2D eigenvalue weighted by atomic mass is 9.76. The van der Waals surface area contributed by atoms with Gasteiger partial charge in [-0.2, -0.15) is 0 Å². The molecule has 0 aromatic heterocycles. The number of hydrogen-bond donors (Lipinski definition) is 2. The molecule has 1 saturated carbocycles. The normalized spacial score (nSPS) is 22.2. The maximum absolute atomic E-state index is 14.8. The summed E-state index contributed by atoms with van der Waals surface area (Å²) in [6.07, 6.45) is 2.35. The number of ether oxygens (including phenoxy) is 1. The molecule has 2 aliphatic rings. The Kier molecular flexibility index (Phi) is 6.63. The zero-order valence-corrected chi connectivity index (χ0v) is 17.3. The summed E-state index contributed by atoms with van der Waals surface area (Å²) in [5.41, 5.74) is -0.744. The maximum atomic E-state index is 14.8. The van der Waals surface area contributed by atoms with Crippen LogP contribution in [0.3, 0.4) is 0 Å². The quantitative estimate of drug-likeness (QED) is 0.721. The van der Waals surface area contributed by atoms with Crippen molar-refractivity contribution in [1.82, 2.24) is 15.5 Å². The van der Waals surface area contributed by atoms with Crippen molar-refractivity contribution >= 4 is 23.5 Å². The van der Waals surface area contributed by atoms with Gasteiger partial charge in [0.2, 0.25) is 0 Å². The summed E-state index contributed by atoms with van der Waals surface area (Å²) in [4.78, 5) is 26.3. The van der Waals surface area contributed by atoms with Crippen molar-refractivity contribution in [3.05, 3.63) is 34.4 Å². The number of morpholine rings is 1. The second-order valence-electron chi connectivity index (χ2n) is 7.92. The van der Waals surface area contributed by atoms with Crippen LogP contribution in [0.15, 0.2) is 12.1 Å². The number of nitrogens with zero attached hydrogens (tertiary/aromatic N) is 1. The Morgan fingerprint density at radius 1 is 1.31 bits per heavy atom. The fourth-order valence-electron chi connectivity index (χ4n) is 4.26. The van der Waals surface area contributed by atoms with Gasteiger partial charge in [-0.25, -0.2) is 13.6 Å². The smallest absolute Gasteiger partial charge is 0.317 e. The molecule has 0 radical (unpaired) electrons. The zero-order chi connectivity index (χ0) is 21.2. The molecule has 1 aliphatic carbocycles. The van der Waals surface area contributed by atoms with Crippen molar-refractivity contribution in [2.75, 3.05) is 26.7 Å². The molecule has 1 saturated heterocycles. The van der Waals surface area contributed by atoms with Crippen LogP contribution in [0.2, 0.25) is 5.02 Å². The van der Waals surface area contributed by atoms with Crippen LogP contribution in [0.25, 0.3) is 0 Å². The first-order chi connectivity index (χ1) is 13.8. The summed E-state index contributed by atoms with van der Waals surface area (Å²) in [6, 6.07) is 1.08. The second kappa shape index (κ2) is 8.83. The highest BCUT2D eigenvalue weighted by atomic mass is 35.5. The lowest BCUT2D eigenvalue weighted by Crippen LogP contribution is -2.54. The first-order valence-corrected chi connectivity index (χ1v) is 10.2. The number of hydrogen-bond acceptors (Lipinski definition) is 3. The summed E-state index contributed by atoms with van der Waals surface area (Å²) in [7, 11) is 1.51. The molecule has 1 aliphatic heterocycles. The van der Waals surface area contributed by atoms with Crippen LogP contribution in [-0.2, 0) is 9.53 Å². The fourth-order valence-corrected chi connectivity index (χ4v) is 4.42. The van der Waals surface area contributed by atoms with E-state index in [-0.39, 0.29) is 29.8 Å². The number of urea groups is 1. The number of benzene rings is 1. The van der Waals surface area contributed by atoms with Gasteiger partial charge in [-0.3, -0.25) is 4.79 Å². The van der Waals surface area contributed by atoms with E-state index in [1.54, 1.807) is 0 Å². The minimum Gasteiger partial charge on any atom is -0.365 e. The van der Waals surface area contributed by atoms with Crippen LogP contribution in [0.5, 0.6) is 0 Å². The van der Waals surface area contributed by atoms with E-state index in [2.05, 4.69) is 10.6 Å². The Morgan fingerprint density at radius 3 is 2.66 bits per heavy atom. The monoisotopic (exact) mass is 429 g/mol. The molecular weight excluding hydrogens is 404 g/mol. The highest BCUT2D eigenvalue weighted by molar-refractivity contribution is 6.30. The summed E-state index contributed by atoms with van der Waals surface area (Å²) in [5.74, 6) is -2.11.